The van der Waals surface area contributed by atoms with Gasteiger partial charge in [-0.3, -0.25) is 9.69 Å². The first-order chi connectivity index (χ1) is 13.4. The molecule has 0 aromatic heterocycles. The van der Waals surface area contributed by atoms with Crippen molar-refractivity contribution < 1.29 is 18.7 Å². The predicted molar refractivity (Wildman–Crippen MR) is 114 cm³/mol. The van der Waals surface area contributed by atoms with Crippen molar-refractivity contribution in [1.82, 2.24) is 0 Å². The molecule has 142 valence electrons. The normalized spacial score (nSPS) is 15.1. The molecule has 1 saturated heterocycles. The standard InChI is InChI=1S/C20H13ClFNO3S2/c1-3-8-26-16-7-4-12(9-17(16)25-2)10-18-19(24)23(20(27)28-18)13-5-6-15(22)14(21)11-13/h1,4-7,9-11H,8H2,2H3/b18-10-. The average Bonchev–Trinajstić information content (AvgIpc) is 2.96. The van der Waals surface area contributed by atoms with E-state index in [0.29, 0.717) is 26.4 Å². The lowest BCUT2D eigenvalue weighted by Crippen LogP contribution is -2.27. The summed E-state index contributed by atoms with van der Waals surface area (Å²) < 4.78 is 24.5. The van der Waals surface area contributed by atoms with Gasteiger partial charge < -0.3 is 9.47 Å². The summed E-state index contributed by atoms with van der Waals surface area (Å²) in [6.45, 7) is 0.120. The Labute approximate surface area is 176 Å². The highest BCUT2D eigenvalue weighted by Gasteiger charge is 2.33. The van der Waals surface area contributed by atoms with Crippen molar-refractivity contribution in [1.29, 1.82) is 0 Å². The van der Waals surface area contributed by atoms with E-state index in [-0.39, 0.29) is 17.5 Å². The summed E-state index contributed by atoms with van der Waals surface area (Å²) in [6, 6.07) is 9.23. The van der Waals surface area contributed by atoms with Gasteiger partial charge in [0.1, 0.15) is 12.4 Å². The van der Waals surface area contributed by atoms with Crippen molar-refractivity contribution in [2.45, 2.75) is 0 Å². The Hall–Kier alpha value is -2.53. The number of thioether (sulfide) groups is 1. The van der Waals surface area contributed by atoms with Gasteiger partial charge in [0.05, 0.1) is 22.7 Å². The smallest absolute Gasteiger partial charge is 0.270 e. The molecule has 8 heteroatoms. The van der Waals surface area contributed by atoms with Crippen molar-refractivity contribution in [3.05, 3.63) is 57.7 Å². The summed E-state index contributed by atoms with van der Waals surface area (Å²) >= 11 is 12.3. The highest BCUT2D eigenvalue weighted by molar-refractivity contribution is 8.27. The van der Waals surface area contributed by atoms with Gasteiger partial charge in [-0.05, 0) is 42.0 Å². The third kappa shape index (κ3) is 4.14. The molecule has 1 aliphatic heterocycles. The molecular formula is C20H13ClFNO3S2. The molecule has 2 aromatic carbocycles. The average molecular weight is 434 g/mol. The van der Waals surface area contributed by atoms with Crippen LogP contribution < -0.4 is 14.4 Å². The minimum atomic E-state index is -0.564. The van der Waals surface area contributed by atoms with Crippen LogP contribution in [-0.2, 0) is 4.79 Å². The van der Waals surface area contributed by atoms with Gasteiger partial charge in [0, 0.05) is 0 Å². The number of anilines is 1. The highest BCUT2D eigenvalue weighted by atomic mass is 35.5. The molecule has 4 nitrogen and oxygen atoms in total. The summed E-state index contributed by atoms with van der Waals surface area (Å²) in [5.41, 5.74) is 1.13. The Bertz CT molecular complexity index is 1030. The fraction of sp³-hybridized carbons (Fsp3) is 0.100. The number of carbonyl (C=O) groups is 1. The Morgan fingerprint density at radius 1 is 1.32 bits per heavy atom. The van der Waals surface area contributed by atoms with Crippen LogP contribution in [0.4, 0.5) is 10.1 Å². The van der Waals surface area contributed by atoms with Gasteiger partial charge in [0.2, 0.25) is 0 Å². The molecular weight excluding hydrogens is 421 g/mol. The second kappa shape index (κ2) is 8.65. The maximum absolute atomic E-state index is 13.4. The number of amides is 1. The van der Waals surface area contributed by atoms with E-state index in [0.717, 1.165) is 17.3 Å². The molecule has 0 saturated carbocycles. The lowest BCUT2D eigenvalue weighted by Gasteiger charge is -2.14. The molecule has 1 aliphatic rings. The topological polar surface area (TPSA) is 38.8 Å². The summed E-state index contributed by atoms with van der Waals surface area (Å²) in [7, 11) is 1.51. The minimum Gasteiger partial charge on any atom is -0.493 e. The van der Waals surface area contributed by atoms with Crippen LogP contribution in [0, 0.1) is 18.2 Å². The molecule has 0 unspecified atom stereocenters. The van der Waals surface area contributed by atoms with Crippen LogP contribution in [-0.4, -0.2) is 23.9 Å². The number of hydrogen-bond donors (Lipinski definition) is 0. The number of rotatable bonds is 5. The van der Waals surface area contributed by atoms with Crippen LogP contribution in [0.5, 0.6) is 11.5 Å². The van der Waals surface area contributed by atoms with Crippen molar-refractivity contribution in [3.8, 4) is 23.8 Å². The zero-order chi connectivity index (χ0) is 20.3. The number of carbonyl (C=O) groups excluding carboxylic acids is 1. The van der Waals surface area contributed by atoms with E-state index in [1.165, 1.54) is 30.2 Å². The number of halogens is 2. The molecule has 0 radical (unpaired) electrons. The van der Waals surface area contributed by atoms with Crippen molar-refractivity contribution in [2.24, 2.45) is 0 Å². The number of terminal acetylenes is 1. The lowest BCUT2D eigenvalue weighted by atomic mass is 10.2. The SMILES string of the molecule is C#CCOc1ccc(/C=C2\SC(=S)N(c3ccc(F)c(Cl)c3)C2=O)cc1OC. The first-order valence-corrected chi connectivity index (χ1v) is 9.52. The highest BCUT2D eigenvalue weighted by Crippen LogP contribution is 2.38. The number of thiocarbonyl (C=S) groups is 1. The predicted octanol–water partition coefficient (Wildman–Crippen LogP) is 4.91. The zero-order valence-corrected chi connectivity index (χ0v) is 17.0. The van der Waals surface area contributed by atoms with E-state index in [1.807, 2.05) is 0 Å². The first kappa shape index (κ1) is 20.2. The third-order valence-corrected chi connectivity index (χ3v) is 5.34. The summed E-state index contributed by atoms with van der Waals surface area (Å²) in [5, 5.41) is -0.0807. The van der Waals surface area contributed by atoms with Gasteiger partial charge >= 0.3 is 0 Å². The maximum Gasteiger partial charge on any atom is 0.270 e. The summed E-state index contributed by atoms with van der Waals surface area (Å²) in [4.78, 5) is 14.6. The third-order valence-electron chi connectivity index (χ3n) is 3.75. The Morgan fingerprint density at radius 2 is 2.11 bits per heavy atom. The second-order valence-electron chi connectivity index (χ2n) is 5.52. The van der Waals surface area contributed by atoms with Crippen LogP contribution in [0.1, 0.15) is 5.56 Å². The Morgan fingerprint density at radius 3 is 2.79 bits per heavy atom. The molecule has 0 spiro atoms. The molecule has 1 heterocycles. The van der Waals surface area contributed by atoms with E-state index in [1.54, 1.807) is 24.3 Å². The fourth-order valence-corrected chi connectivity index (χ4v) is 3.95. The van der Waals surface area contributed by atoms with Crippen LogP contribution in [0.3, 0.4) is 0 Å². The van der Waals surface area contributed by atoms with Crippen LogP contribution in [0.15, 0.2) is 41.3 Å². The Kier molecular flexibility index (Phi) is 6.25. The zero-order valence-electron chi connectivity index (χ0n) is 14.6. The van der Waals surface area contributed by atoms with Gasteiger partial charge in [-0.2, -0.15) is 0 Å². The molecule has 28 heavy (non-hydrogen) atoms. The molecule has 0 aliphatic carbocycles. The molecule has 2 aromatic rings. The number of nitrogens with zero attached hydrogens (tertiary/aromatic N) is 1. The second-order valence-corrected chi connectivity index (χ2v) is 7.60. The number of benzene rings is 2. The molecule has 1 fully saturated rings. The number of ether oxygens (including phenoxy) is 2. The minimum absolute atomic E-state index is 0.0807. The quantitative estimate of drug-likeness (QED) is 0.381. The van der Waals surface area contributed by atoms with E-state index in [2.05, 4.69) is 5.92 Å². The molecule has 3 rings (SSSR count). The summed E-state index contributed by atoms with van der Waals surface area (Å²) in [6.07, 6.45) is 6.89. The monoisotopic (exact) mass is 433 g/mol. The van der Waals surface area contributed by atoms with Crippen molar-refractivity contribution in [2.75, 3.05) is 18.6 Å². The van der Waals surface area contributed by atoms with E-state index >= 15 is 0 Å². The van der Waals surface area contributed by atoms with E-state index in [4.69, 9.17) is 39.7 Å². The number of hydrogen-bond acceptors (Lipinski definition) is 5. The van der Waals surface area contributed by atoms with Gasteiger partial charge in [-0.1, -0.05) is 47.6 Å². The van der Waals surface area contributed by atoms with Gasteiger partial charge in [-0.15, -0.1) is 6.42 Å². The molecule has 1 amide bonds. The van der Waals surface area contributed by atoms with Crippen LogP contribution in [0.25, 0.3) is 6.08 Å². The first-order valence-electron chi connectivity index (χ1n) is 7.92. The van der Waals surface area contributed by atoms with Gasteiger partial charge in [0.15, 0.2) is 15.8 Å². The molecule has 0 atom stereocenters. The van der Waals surface area contributed by atoms with Crippen molar-refractivity contribution in [3.63, 3.8) is 0 Å². The van der Waals surface area contributed by atoms with Gasteiger partial charge in [0.25, 0.3) is 5.91 Å². The van der Waals surface area contributed by atoms with Crippen LogP contribution >= 0.6 is 35.6 Å². The summed E-state index contributed by atoms with van der Waals surface area (Å²) in [5.74, 6) is 2.51. The molecule has 0 N–H and O–H groups in total. The van der Waals surface area contributed by atoms with Crippen LogP contribution in [0.2, 0.25) is 5.02 Å². The number of methoxy groups -OCH3 is 1. The largest absolute Gasteiger partial charge is 0.493 e. The van der Waals surface area contributed by atoms with E-state index < -0.39 is 5.82 Å². The lowest BCUT2D eigenvalue weighted by molar-refractivity contribution is -0.113. The maximum atomic E-state index is 13.4. The Balaban J connectivity index is 1.89. The van der Waals surface area contributed by atoms with E-state index in [9.17, 15) is 9.18 Å². The van der Waals surface area contributed by atoms with Crippen molar-refractivity contribution >= 4 is 57.6 Å². The molecule has 0 bridgehead atoms. The fourth-order valence-electron chi connectivity index (χ4n) is 2.48. The van der Waals surface area contributed by atoms with Gasteiger partial charge in [-0.25, -0.2) is 4.39 Å².